The predicted octanol–water partition coefficient (Wildman–Crippen LogP) is 1.67. The molecule has 0 aromatic heterocycles. The van der Waals surface area contributed by atoms with Gasteiger partial charge >= 0.3 is 0 Å². The molecule has 0 aliphatic heterocycles. The van der Waals surface area contributed by atoms with Crippen LogP contribution in [0.3, 0.4) is 0 Å². The van der Waals surface area contributed by atoms with Crippen molar-refractivity contribution in [3.63, 3.8) is 0 Å². The highest BCUT2D eigenvalue weighted by Gasteiger charge is 2.12. The number of hydrogen-bond donors (Lipinski definition) is 0. The van der Waals surface area contributed by atoms with Gasteiger partial charge in [-0.25, -0.2) is 0 Å². The molecule has 1 aromatic rings. The van der Waals surface area contributed by atoms with Crippen molar-refractivity contribution in [1.29, 1.82) is 0 Å². The summed E-state index contributed by atoms with van der Waals surface area (Å²) < 4.78 is 5.64. The Morgan fingerprint density at radius 2 is 2.19 bits per heavy atom. The number of aldehydes is 1. The normalized spacial score (nSPS) is 20.0. The van der Waals surface area contributed by atoms with E-state index >= 15 is 0 Å². The molecule has 0 fully saturated rings. The summed E-state index contributed by atoms with van der Waals surface area (Å²) in [5, 5.41) is 11.2. The summed E-state index contributed by atoms with van der Waals surface area (Å²) >= 11 is 0. The fourth-order valence-corrected chi connectivity index (χ4v) is 1.79. The number of carbonyl (C=O) groups excluding carboxylic acids is 1. The number of ether oxygens (including phenoxy) is 1. The molecule has 0 N–H and O–H groups in total. The standard InChI is InChI=1S/C13H14O3/c14-9-10-4-1-2-7-13(10)16-12-6-3-5-11(15)8-12/h1-2,4,7-9,12,15H,3,5-6H2/p-1. The van der Waals surface area contributed by atoms with Crippen molar-refractivity contribution in [2.45, 2.75) is 25.4 Å². The van der Waals surface area contributed by atoms with Gasteiger partial charge in [-0.15, -0.1) is 5.76 Å². The van der Waals surface area contributed by atoms with E-state index in [0.717, 1.165) is 19.1 Å². The molecule has 2 rings (SSSR count). The van der Waals surface area contributed by atoms with E-state index in [9.17, 15) is 9.90 Å². The fraction of sp³-hybridized carbons (Fsp3) is 0.308. The number of carbonyl (C=O) groups is 1. The summed E-state index contributed by atoms with van der Waals surface area (Å²) in [5.74, 6) is 0.674. The number of rotatable bonds is 3. The largest absolute Gasteiger partial charge is 0.876 e. The van der Waals surface area contributed by atoms with Gasteiger partial charge in [-0.1, -0.05) is 18.2 Å². The molecule has 84 valence electrons. The maximum absolute atomic E-state index is 11.2. The van der Waals surface area contributed by atoms with Crippen LogP contribution < -0.4 is 9.84 Å². The Balaban J connectivity index is 2.14. The van der Waals surface area contributed by atoms with Crippen LogP contribution in [-0.2, 0) is 0 Å². The average Bonchev–Trinajstić information content (AvgIpc) is 2.30. The molecule has 1 atom stereocenters. The molecule has 0 saturated carbocycles. The smallest absolute Gasteiger partial charge is 0.153 e. The molecule has 1 aliphatic carbocycles. The molecular formula is C13H13O3-. The minimum atomic E-state index is -0.192. The van der Waals surface area contributed by atoms with Crippen LogP contribution in [0.25, 0.3) is 0 Å². The molecule has 0 saturated heterocycles. The van der Waals surface area contributed by atoms with Crippen LogP contribution in [0.4, 0.5) is 0 Å². The SMILES string of the molecule is O=Cc1ccccc1OC1C=C([O-])CCC1. The maximum Gasteiger partial charge on any atom is 0.153 e. The number of benzene rings is 1. The van der Waals surface area contributed by atoms with E-state index in [2.05, 4.69) is 0 Å². The first-order chi connectivity index (χ1) is 7.79. The van der Waals surface area contributed by atoms with Gasteiger partial charge in [0, 0.05) is 0 Å². The lowest BCUT2D eigenvalue weighted by molar-refractivity contribution is -0.309. The highest BCUT2D eigenvalue weighted by Crippen LogP contribution is 2.22. The Morgan fingerprint density at radius 1 is 1.38 bits per heavy atom. The van der Waals surface area contributed by atoms with Gasteiger partial charge in [0.2, 0.25) is 0 Å². The number of allylic oxidation sites excluding steroid dienone is 1. The van der Waals surface area contributed by atoms with Crippen molar-refractivity contribution in [2.75, 3.05) is 0 Å². The summed E-state index contributed by atoms with van der Waals surface area (Å²) in [6, 6.07) is 7.04. The average molecular weight is 217 g/mol. The lowest BCUT2D eigenvalue weighted by Crippen LogP contribution is -2.22. The Kier molecular flexibility index (Phi) is 3.25. The zero-order valence-corrected chi connectivity index (χ0v) is 8.89. The zero-order valence-electron chi connectivity index (χ0n) is 8.89. The van der Waals surface area contributed by atoms with Crippen LogP contribution in [0.1, 0.15) is 29.6 Å². The summed E-state index contributed by atoms with van der Waals surface area (Å²) in [5.41, 5.74) is 0.522. The first kappa shape index (κ1) is 10.7. The van der Waals surface area contributed by atoms with Gasteiger partial charge in [-0.3, -0.25) is 4.79 Å². The minimum Gasteiger partial charge on any atom is -0.876 e. The minimum absolute atomic E-state index is 0.125. The van der Waals surface area contributed by atoms with E-state index in [0.29, 0.717) is 17.7 Å². The van der Waals surface area contributed by atoms with E-state index in [-0.39, 0.29) is 11.9 Å². The van der Waals surface area contributed by atoms with Crippen LogP contribution in [0.2, 0.25) is 0 Å². The van der Waals surface area contributed by atoms with Gasteiger partial charge in [0.1, 0.15) is 11.9 Å². The second-order valence-electron chi connectivity index (χ2n) is 3.84. The van der Waals surface area contributed by atoms with Crippen molar-refractivity contribution in [3.8, 4) is 5.75 Å². The first-order valence-corrected chi connectivity index (χ1v) is 5.38. The summed E-state index contributed by atoms with van der Waals surface area (Å²) in [4.78, 5) is 10.8. The monoisotopic (exact) mass is 217 g/mol. The molecule has 1 aromatic carbocycles. The molecule has 0 bridgehead atoms. The Labute approximate surface area is 94.4 Å². The van der Waals surface area contributed by atoms with Crippen molar-refractivity contribution in [1.82, 2.24) is 0 Å². The third-order valence-corrected chi connectivity index (χ3v) is 2.61. The highest BCUT2D eigenvalue weighted by atomic mass is 16.5. The molecule has 0 heterocycles. The van der Waals surface area contributed by atoms with Crippen LogP contribution in [0, 0.1) is 0 Å². The molecule has 0 radical (unpaired) electrons. The van der Waals surface area contributed by atoms with Crippen molar-refractivity contribution in [2.24, 2.45) is 0 Å². The second-order valence-corrected chi connectivity index (χ2v) is 3.84. The van der Waals surface area contributed by atoms with Gasteiger partial charge in [0.25, 0.3) is 0 Å². The number of para-hydroxylation sites is 1. The third-order valence-electron chi connectivity index (χ3n) is 2.61. The second kappa shape index (κ2) is 4.84. The molecule has 1 unspecified atom stereocenters. The quantitative estimate of drug-likeness (QED) is 0.724. The molecular weight excluding hydrogens is 204 g/mol. The van der Waals surface area contributed by atoms with Gasteiger partial charge in [0.05, 0.1) is 5.56 Å². The van der Waals surface area contributed by atoms with Crippen molar-refractivity contribution < 1.29 is 14.6 Å². The lowest BCUT2D eigenvalue weighted by atomic mass is 10.0. The first-order valence-electron chi connectivity index (χ1n) is 5.38. The van der Waals surface area contributed by atoms with E-state index in [4.69, 9.17) is 4.74 Å². The third kappa shape index (κ3) is 2.42. The van der Waals surface area contributed by atoms with Crippen LogP contribution in [0.15, 0.2) is 36.1 Å². The van der Waals surface area contributed by atoms with E-state index in [1.54, 1.807) is 24.3 Å². The van der Waals surface area contributed by atoms with Crippen molar-refractivity contribution in [3.05, 3.63) is 41.7 Å². The predicted molar refractivity (Wildman–Crippen MR) is 58.2 cm³/mol. The Hall–Kier alpha value is -1.77. The number of hydrogen-bond acceptors (Lipinski definition) is 3. The summed E-state index contributed by atoms with van der Waals surface area (Å²) in [7, 11) is 0. The van der Waals surface area contributed by atoms with E-state index in [1.807, 2.05) is 6.07 Å². The molecule has 16 heavy (non-hydrogen) atoms. The molecule has 0 spiro atoms. The van der Waals surface area contributed by atoms with E-state index < -0.39 is 0 Å². The Morgan fingerprint density at radius 3 is 2.94 bits per heavy atom. The molecule has 3 nitrogen and oxygen atoms in total. The van der Waals surface area contributed by atoms with Crippen LogP contribution >= 0.6 is 0 Å². The zero-order chi connectivity index (χ0) is 11.4. The van der Waals surface area contributed by atoms with Gasteiger partial charge < -0.3 is 9.84 Å². The molecule has 1 aliphatic rings. The lowest BCUT2D eigenvalue weighted by Gasteiger charge is -2.25. The maximum atomic E-state index is 11.2. The highest BCUT2D eigenvalue weighted by molar-refractivity contribution is 5.79. The Bertz CT molecular complexity index is 409. The summed E-state index contributed by atoms with van der Waals surface area (Å²) in [6.45, 7) is 0. The summed E-state index contributed by atoms with van der Waals surface area (Å²) in [6.07, 6.45) is 4.46. The van der Waals surface area contributed by atoms with Crippen molar-refractivity contribution >= 4 is 6.29 Å². The van der Waals surface area contributed by atoms with Crippen LogP contribution in [-0.4, -0.2) is 12.4 Å². The topological polar surface area (TPSA) is 49.4 Å². The molecule has 3 heteroatoms. The fourth-order valence-electron chi connectivity index (χ4n) is 1.79. The van der Waals surface area contributed by atoms with Crippen LogP contribution in [0.5, 0.6) is 5.75 Å². The van der Waals surface area contributed by atoms with E-state index in [1.165, 1.54) is 0 Å². The van der Waals surface area contributed by atoms with Gasteiger partial charge in [0.15, 0.2) is 6.29 Å². The van der Waals surface area contributed by atoms with Gasteiger partial charge in [-0.2, -0.15) is 0 Å². The molecule has 0 amide bonds. The van der Waals surface area contributed by atoms with Gasteiger partial charge in [-0.05, 0) is 31.4 Å².